The van der Waals surface area contributed by atoms with E-state index >= 15 is 0 Å². The molecule has 5 heteroatoms. The van der Waals surface area contributed by atoms with Crippen molar-refractivity contribution in [3.8, 4) is 11.4 Å². The minimum atomic E-state index is 0.499. The highest BCUT2D eigenvalue weighted by Gasteiger charge is 2.21. The zero-order valence-corrected chi connectivity index (χ0v) is 11.5. The average molecular weight is 257 g/mol. The van der Waals surface area contributed by atoms with Gasteiger partial charge in [0.05, 0.1) is 17.6 Å². The van der Waals surface area contributed by atoms with E-state index in [0.717, 1.165) is 23.6 Å². The van der Waals surface area contributed by atoms with Crippen molar-refractivity contribution in [2.45, 2.75) is 18.8 Å². The fourth-order valence-corrected chi connectivity index (χ4v) is 2.73. The summed E-state index contributed by atoms with van der Waals surface area (Å²) in [6.07, 6.45) is 7.95. The van der Waals surface area contributed by atoms with Gasteiger partial charge in [0.15, 0.2) is 0 Å². The van der Waals surface area contributed by atoms with E-state index in [1.165, 1.54) is 19.4 Å². The normalized spacial score (nSPS) is 20.6. The molecule has 1 atom stereocenters. The van der Waals surface area contributed by atoms with E-state index in [9.17, 15) is 0 Å². The van der Waals surface area contributed by atoms with Crippen LogP contribution in [0.4, 0.5) is 0 Å². The summed E-state index contributed by atoms with van der Waals surface area (Å²) in [5, 5.41) is 4.19. The first-order chi connectivity index (χ1) is 9.24. The van der Waals surface area contributed by atoms with E-state index in [2.05, 4.69) is 22.0 Å². The molecule has 1 saturated heterocycles. The van der Waals surface area contributed by atoms with Crippen LogP contribution in [0, 0.1) is 0 Å². The van der Waals surface area contributed by atoms with Crippen molar-refractivity contribution in [3.05, 3.63) is 30.4 Å². The van der Waals surface area contributed by atoms with Crippen LogP contribution in [0.3, 0.4) is 0 Å². The monoisotopic (exact) mass is 257 g/mol. The zero-order valence-electron chi connectivity index (χ0n) is 11.5. The summed E-state index contributed by atoms with van der Waals surface area (Å²) in [6, 6.07) is 1.97. The van der Waals surface area contributed by atoms with Gasteiger partial charge in [-0.05, 0) is 32.5 Å². The summed E-state index contributed by atoms with van der Waals surface area (Å²) in [7, 11) is 4.10. The van der Waals surface area contributed by atoms with E-state index in [1.54, 1.807) is 6.20 Å². The second-order valence-electron chi connectivity index (χ2n) is 5.27. The van der Waals surface area contributed by atoms with Crippen LogP contribution in [0.15, 0.2) is 24.7 Å². The van der Waals surface area contributed by atoms with Gasteiger partial charge in [0.1, 0.15) is 5.69 Å². The van der Waals surface area contributed by atoms with Gasteiger partial charge in [0, 0.05) is 31.9 Å². The van der Waals surface area contributed by atoms with Crippen LogP contribution in [-0.4, -0.2) is 44.8 Å². The van der Waals surface area contributed by atoms with Crippen molar-refractivity contribution in [1.29, 1.82) is 0 Å². The molecule has 3 heterocycles. The fourth-order valence-electron chi connectivity index (χ4n) is 2.73. The molecule has 19 heavy (non-hydrogen) atoms. The lowest BCUT2D eigenvalue weighted by molar-refractivity contribution is 0.248. The third-order valence-electron chi connectivity index (χ3n) is 3.78. The molecule has 0 amide bonds. The number of piperidine rings is 1. The van der Waals surface area contributed by atoms with Gasteiger partial charge in [-0.1, -0.05) is 0 Å². The Labute approximate surface area is 113 Å². The first-order valence-corrected chi connectivity index (χ1v) is 6.73. The molecule has 0 aliphatic carbocycles. The molecule has 1 aliphatic rings. The predicted molar refractivity (Wildman–Crippen MR) is 73.7 cm³/mol. The van der Waals surface area contributed by atoms with Gasteiger partial charge in [-0.25, -0.2) is 4.98 Å². The highest BCUT2D eigenvalue weighted by molar-refractivity contribution is 5.52. The van der Waals surface area contributed by atoms with Crippen molar-refractivity contribution >= 4 is 0 Å². The van der Waals surface area contributed by atoms with Crippen LogP contribution < -0.4 is 0 Å². The molecular formula is C14H19N5. The first-order valence-electron chi connectivity index (χ1n) is 6.73. The van der Waals surface area contributed by atoms with Crippen LogP contribution >= 0.6 is 0 Å². The Morgan fingerprint density at radius 1 is 1.26 bits per heavy atom. The van der Waals surface area contributed by atoms with Crippen LogP contribution in [0.1, 0.15) is 24.5 Å². The molecule has 2 aromatic rings. The Kier molecular flexibility index (Phi) is 3.29. The average Bonchev–Trinajstić information content (AvgIpc) is 2.85. The van der Waals surface area contributed by atoms with Crippen LogP contribution in [0.25, 0.3) is 11.4 Å². The van der Waals surface area contributed by atoms with Crippen molar-refractivity contribution in [1.82, 2.24) is 24.6 Å². The minimum absolute atomic E-state index is 0.499. The topological polar surface area (TPSA) is 46.8 Å². The molecule has 0 spiro atoms. The molecule has 0 N–H and O–H groups in total. The maximum atomic E-state index is 4.78. The lowest BCUT2D eigenvalue weighted by atomic mass is 9.95. The van der Waals surface area contributed by atoms with E-state index in [4.69, 9.17) is 4.98 Å². The van der Waals surface area contributed by atoms with Gasteiger partial charge in [-0.15, -0.1) is 0 Å². The van der Waals surface area contributed by atoms with E-state index in [0.29, 0.717) is 5.92 Å². The Morgan fingerprint density at radius 2 is 2.16 bits per heavy atom. The van der Waals surface area contributed by atoms with E-state index in [-0.39, 0.29) is 0 Å². The molecule has 0 radical (unpaired) electrons. The summed E-state index contributed by atoms with van der Waals surface area (Å²) in [6.45, 7) is 2.26. The number of aryl methyl sites for hydroxylation is 1. The zero-order chi connectivity index (χ0) is 13.2. The van der Waals surface area contributed by atoms with Gasteiger partial charge in [-0.2, -0.15) is 5.10 Å². The molecule has 0 aromatic carbocycles. The Morgan fingerprint density at radius 3 is 2.89 bits per heavy atom. The maximum absolute atomic E-state index is 4.78. The standard InChI is InChI=1S/C14H19N5/c1-18-7-3-4-11(10-18)12-8-15-9-13(17-12)14-5-6-16-19(14)2/h5-6,8-9,11H,3-4,7,10H2,1-2H3/t11-/m1/s1. The second kappa shape index (κ2) is 5.09. The minimum Gasteiger partial charge on any atom is -0.306 e. The molecule has 1 fully saturated rings. The number of likely N-dealkylation sites (N-methyl/N-ethyl adjacent to an activating group) is 1. The molecule has 100 valence electrons. The quantitative estimate of drug-likeness (QED) is 0.821. The number of rotatable bonds is 2. The summed E-state index contributed by atoms with van der Waals surface area (Å²) < 4.78 is 1.83. The summed E-state index contributed by atoms with van der Waals surface area (Å²) >= 11 is 0. The van der Waals surface area contributed by atoms with Crippen molar-refractivity contribution < 1.29 is 0 Å². The Hall–Kier alpha value is -1.75. The second-order valence-corrected chi connectivity index (χ2v) is 5.27. The highest BCUT2D eigenvalue weighted by atomic mass is 15.3. The van der Waals surface area contributed by atoms with Gasteiger partial charge in [-0.3, -0.25) is 9.67 Å². The lowest BCUT2D eigenvalue weighted by Crippen LogP contribution is -2.31. The number of hydrogen-bond donors (Lipinski definition) is 0. The van der Waals surface area contributed by atoms with Gasteiger partial charge >= 0.3 is 0 Å². The number of hydrogen-bond acceptors (Lipinski definition) is 4. The van der Waals surface area contributed by atoms with E-state index < -0.39 is 0 Å². The number of likely N-dealkylation sites (tertiary alicyclic amines) is 1. The third kappa shape index (κ3) is 2.51. The molecule has 0 unspecified atom stereocenters. The third-order valence-corrected chi connectivity index (χ3v) is 3.78. The summed E-state index contributed by atoms with van der Waals surface area (Å²) in [5.41, 5.74) is 3.02. The number of aromatic nitrogens is 4. The van der Waals surface area contributed by atoms with Gasteiger partial charge < -0.3 is 4.90 Å². The molecular weight excluding hydrogens is 238 g/mol. The predicted octanol–water partition coefficient (Wildman–Crippen LogP) is 1.69. The maximum Gasteiger partial charge on any atom is 0.107 e. The Balaban J connectivity index is 1.90. The molecule has 2 aromatic heterocycles. The molecule has 0 saturated carbocycles. The Bertz CT molecular complexity index is 562. The van der Waals surface area contributed by atoms with Crippen molar-refractivity contribution in [2.24, 2.45) is 7.05 Å². The van der Waals surface area contributed by atoms with Gasteiger partial charge in [0.25, 0.3) is 0 Å². The van der Waals surface area contributed by atoms with Crippen LogP contribution in [0.2, 0.25) is 0 Å². The summed E-state index contributed by atoms with van der Waals surface area (Å²) in [4.78, 5) is 11.5. The first kappa shape index (κ1) is 12.3. The van der Waals surface area contributed by atoms with Crippen molar-refractivity contribution in [3.63, 3.8) is 0 Å². The largest absolute Gasteiger partial charge is 0.306 e. The SMILES string of the molecule is CN1CCC[C@@H](c2cncc(-c3ccnn3C)n2)C1. The van der Waals surface area contributed by atoms with Crippen LogP contribution in [-0.2, 0) is 7.05 Å². The molecule has 3 rings (SSSR count). The smallest absolute Gasteiger partial charge is 0.107 e. The summed E-state index contributed by atoms with van der Waals surface area (Å²) in [5.74, 6) is 0.499. The van der Waals surface area contributed by atoms with Gasteiger partial charge in [0.2, 0.25) is 0 Å². The lowest BCUT2D eigenvalue weighted by Gasteiger charge is -2.29. The number of nitrogens with zero attached hydrogens (tertiary/aromatic N) is 5. The van der Waals surface area contributed by atoms with E-state index in [1.807, 2.05) is 30.2 Å². The highest BCUT2D eigenvalue weighted by Crippen LogP contribution is 2.25. The fraction of sp³-hybridized carbons (Fsp3) is 0.500. The molecule has 0 bridgehead atoms. The molecule has 5 nitrogen and oxygen atoms in total. The molecule has 1 aliphatic heterocycles. The van der Waals surface area contributed by atoms with Crippen LogP contribution in [0.5, 0.6) is 0 Å². The van der Waals surface area contributed by atoms with Crippen molar-refractivity contribution in [2.75, 3.05) is 20.1 Å².